The fourth-order valence-electron chi connectivity index (χ4n) is 2.99. The summed E-state index contributed by atoms with van der Waals surface area (Å²) in [6.45, 7) is 1.86. The van der Waals surface area contributed by atoms with Crippen molar-refractivity contribution in [3.8, 4) is 0 Å². The minimum absolute atomic E-state index is 0.236. The molecule has 0 unspecified atom stereocenters. The lowest BCUT2D eigenvalue weighted by Crippen LogP contribution is -2.31. The zero-order valence-electron chi connectivity index (χ0n) is 13.8. The molecule has 130 valence electrons. The number of amides is 1. The van der Waals surface area contributed by atoms with Gasteiger partial charge in [-0.25, -0.2) is 9.67 Å². The number of allylic oxidation sites excluding steroid dienone is 1. The Kier molecular flexibility index (Phi) is 4.26. The Morgan fingerprint density at radius 1 is 1.23 bits per heavy atom. The molecule has 0 aliphatic carbocycles. The van der Waals surface area contributed by atoms with E-state index in [1.54, 1.807) is 23.0 Å². The summed E-state index contributed by atoms with van der Waals surface area (Å²) in [5.74, 6) is 0.858. The van der Waals surface area contributed by atoms with Gasteiger partial charge in [0, 0.05) is 16.4 Å². The average molecular weight is 411 g/mol. The summed E-state index contributed by atoms with van der Waals surface area (Å²) < 4.78 is 2.64. The van der Waals surface area contributed by atoms with Crippen LogP contribution in [0.4, 0.5) is 11.8 Å². The van der Waals surface area contributed by atoms with Gasteiger partial charge in [0.05, 0.1) is 5.57 Å². The molecule has 1 atom stereocenters. The lowest BCUT2D eigenvalue weighted by molar-refractivity contribution is -0.113. The Bertz CT molecular complexity index is 998. The van der Waals surface area contributed by atoms with Gasteiger partial charge in [0.2, 0.25) is 5.95 Å². The van der Waals surface area contributed by atoms with Gasteiger partial charge in [-0.1, -0.05) is 34.1 Å². The number of nitrogens with one attached hydrogen (secondary N) is 2. The highest BCUT2D eigenvalue weighted by molar-refractivity contribution is 9.10. The molecule has 8 heteroatoms. The lowest BCUT2D eigenvalue weighted by Gasteiger charge is -2.28. The number of aromatic nitrogens is 4. The second-order valence-corrected chi connectivity index (χ2v) is 6.73. The summed E-state index contributed by atoms with van der Waals surface area (Å²) in [5, 5.41) is 10.3. The number of carbonyl (C=O) groups excluding carboxylic acids is 1. The SMILES string of the molecule is CC1=C(C(=O)Nc2ccccn2)[C@@H](c2cccc(Br)c2)n2ncnc2N1. The Labute approximate surface area is 158 Å². The molecule has 1 amide bonds. The normalized spacial score (nSPS) is 16.0. The summed E-state index contributed by atoms with van der Waals surface area (Å²) in [7, 11) is 0. The van der Waals surface area contributed by atoms with Crippen LogP contribution in [0.5, 0.6) is 0 Å². The third-order valence-corrected chi connectivity index (χ3v) is 4.60. The molecule has 2 N–H and O–H groups in total. The van der Waals surface area contributed by atoms with Crippen molar-refractivity contribution in [3.05, 3.63) is 76.3 Å². The Morgan fingerprint density at radius 2 is 2.12 bits per heavy atom. The molecule has 3 aromatic rings. The van der Waals surface area contributed by atoms with Gasteiger partial charge in [-0.15, -0.1) is 0 Å². The highest BCUT2D eigenvalue weighted by atomic mass is 79.9. The van der Waals surface area contributed by atoms with E-state index in [1.165, 1.54) is 6.33 Å². The average Bonchev–Trinajstić information content (AvgIpc) is 3.09. The molecule has 0 saturated carbocycles. The molecule has 26 heavy (non-hydrogen) atoms. The fraction of sp³-hybridized carbons (Fsp3) is 0.111. The maximum atomic E-state index is 13.1. The molecular formula is C18H15BrN6O. The first-order chi connectivity index (χ1) is 12.6. The maximum absolute atomic E-state index is 13.1. The van der Waals surface area contributed by atoms with E-state index < -0.39 is 6.04 Å². The molecule has 0 radical (unpaired) electrons. The number of nitrogens with zero attached hydrogens (tertiary/aromatic N) is 4. The highest BCUT2D eigenvalue weighted by Crippen LogP contribution is 2.35. The smallest absolute Gasteiger partial charge is 0.257 e. The molecule has 1 aliphatic heterocycles. The van der Waals surface area contributed by atoms with Crippen LogP contribution >= 0.6 is 15.9 Å². The predicted molar refractivity (Wildman–Crippen MR) is 101 cm³/mol. The van der Waals surface area contributed by atoms with Gasteiger partial charge in [-0.05, 0) is 36.8 Å². The largest absolute Gasteiger partial charge is 0.328 e. The van der Waals surface area contributed by atoms with Gasteiger partial charge < -0.3 is 10.6 Å². The van der Waals surface area contributed by atoms with Crippen molar-refractivity contribution in [1.82, 2.24) is 19.7 Å². The quantitative estimate of drug-likeness (QED) is 0.691. The van der Waals surface area contributed by atoms with Crippen LogP contribution in [-0.4, -0.2) is 25.7 Å². The summed E-state index contributed by atoms with van der Waals surface area (Å²) in [4.78, 5) is 21.5. The molecule has 0 spiro atoms. The number of anilines is 2. The summed E-state index contributed by atoms with van der Waals surface area (Å²) >= 11 is 3.50. The van der Waals surface area contributed by atoms with E-state index in [4.69, 9.17) is 0 Å². The van der Waals surface area contributed by atoms with Gasteiger partial charge in [0.15, 0.2) is 0 Å². The molecular weight excluding hydrogens is 396 g/mol. The molecule has 2 aromatic heterocycles. The molecule has 1 aliphatic rings. The number of carbonyl (C=O) groups is 1. The van der Waals surface area contributed by atoms with Crippen molar-refractivity contribution in [1.29, 1.82) is 0 Å². The number of pyridine rings is 1. The Balaban J connectivity index is 1.78. The van der Waals surface area contributed by atoms with Crippen LogP contribution < -0.4 is 10.6 Å². The van der Waals surface area contributed by atoms with E-state index in [9.17, 15) is 4.79 Å². The van der Waals surface area contributed by atoms with E-state index in [1.807, 2.05) is 37.3 Å². The van der Waals surface area contributed by atoms with Crippen molar-refractivity contribution in [2.24, 2.45) is 0 Å². The number of benzene rings is 1. The molecule has 3 heterocycles. The van der Waals surface area contributed by atoms with Crippen LogP contribution in [0.1, 0.15) is 18.5 Å². The van der Waals surface area contributed by atoms with E-state index in [-0.39, 0.29) is 5.91 Å². The minimum Gasteiger partial charge on any atom is -0.328 e. The maximum Gasteiger partial charge on any atom is 0.257 e. The summed E-state index contributed by atoms with van der Waals surface area (Å²) in [6, 6.07) is 12.8. The first-order valence-corrected chi connectivity index (χ1v) is 8.78. The van der Waals surface area contributed by atoms with Crippen molar-refractivity contribution in [3.63, 3.8) is 0 Å². The predicted octanol–water partition coefficient (Wildman–Crippen LogP) is 3.36. The van der Waals surface area contributed by atoms with Crippen LogP contribution in [0, 0.1) is 0 Å². The van der Waals surface area contributed by atoms with Crippen molar-refractivity contribution < 1.29 is 4.79 Å². The van der Waals surface area contributed by atoms with E-state index in [2.05, 4.69) is 41.6 Å². The first kappa shape index (κ1) is 16.5. The monoisotopic (exact) mass is 410 g/mol. The van der Waals surface area contributed by atoms with E-state index in [0.29, 0.717) is 17.3 Å². The number of fused-ring (bicyclic) bond motifs is 1. The van der Waals surface area contributed by atoms with Crippen molar-refractivity contribution >= 4 is 33.6 Å². The van der Waals surface area contributed by atoms with Gasteiger partial charge in [-0.2, -0.15) is 10.1 Å². The van der Waals surface area contributed by atoms with E-state index >= 15 is 0 Å². The van der Waals surface area contributed by atoms with Crippen LogP contribution in [0.3, 0.4) is 0 Å². The summed E-state index contributed by atoms with van der Waals surface area (Å²) in [6.07, 6.45) is 3.11. The standard InChI is InChI=1S/C18H15BrN6O/c1-11-15(17(26)24-14-7-2-3-8-20-14)16(12-5-4-6-13(19)9-12)25-18(23-11)21-10-22-25/h2-10,16H,1H3,(H,20,24,26)(H,21,22,23)/t16-/m1/s1. The van der Waals surface area contributed by atoms with Gasteiger partial charge >= 0.3 is 0 Å². The number of hydrogen-bond donors (Lipinski definition) is 2. The molecule has 4 rings (SSSR count). The van der Waals surface area contributed by atoms with Gasteiger partial charge in [0.1, 0.15) is 18.2 Å². The number of halogens is 1. The fourth-order valence-corrected chi connectivity index (χ4v) is 3.41. The molecule has 0 bridgehead atoms. The third-order valence-electron chi connectivity index (χ3n) is 4.11. The van der Waals surface area contributed by atoms with Crippen molar-refractivity contribution in [2.75, 3.05) is 10.6 Å². The first-order valence-electron chi connectivity index (χ1n) is 7.98. The molecule has 0 fully saturated rings. The van der Waals surface area contributed by atoms with Gasteiger partial charge in [0.25, 0.3) is 5.91 Å². The topological polar surface area (TPSA) is 84.7 Å². The minimum atomic E-state index is -0.394. The third kappa shape index (κ3) is 2.99. The van der Waals surface area contributed by atoms with Crippen LogP contribution in [0.15, 0.2) is 70.7 Å². The van der Waals surface area contributed by atoms with Crippen LogP contribution in [-0.2, 0) is 4.79 Å². The van der Waals surface area contributed by atoms with Gasteiger partial charge in [-0.3, -0.25) is 4.79 Å². The lowest BCUT2D eigenvalue weighted by atomic mass is 9.95. The van der Waals surface area contributed by atoms with Crippen LogP contribution in [0.25, 0.3) is 0 Å². The second-order valence-electron chi connectivity index (χ2n) is 5.82. The molecule has 0 saturated heterocycles. The zero-order chi connectivity index (χ0) is 18.1. The second kappa shape index (κ2) is 6.72. The summed E-state index contributed by atoms with van der Waals surface area (Å²) in [5.41, 5.74) is 2.22. The van der Waals surface area contributed by atoms with Crippen LogP contribution in [0.2, 0.25) is 0 Å². The highest BCUT2D eigenvalue weighted by Gasteiger charge is 2.33. The number of rotatable bonds is 3. The number of hydrogen-bond acceptors (Lipinski definition) is 5. The van der Waals surface area contributed by atoms with E-state index in [0.717, 1.165) is 15.7 Å². The molecule has 7 nitrogen and oxygen atoms in total. The van der Waals surface area contributed by atoms with Crippen molar-refractivity contribution in [2.45, 2.75) is 13.0 Å². The Hall–Kier alpha value is -3.00. The zero-order valence-corrected chi connectivity index (χ0v) is 15.4. The Morgan fingerprint density at radius 3 is 2.88 bits per heavy atom. The molecule has 1 aromatic carbocycles.